The van der Waals surface area contributed by atoms with Crippen LogP contribution in [0.25, 0.3) is 72.4 Å². The molecule has 0 saturated heterocycles. The summed E-state index contributed by atoms with van der Waals surface area (Å²) in [5.41, 5.74) is 11.2. The molecule has 0 aliphatic heterocycles. The van der Waals surface area contributed by atoms with Crippen LogP contribution < -0.4 is 4.40 Å². The van der Waals surface area contributed by atoms with Crippen LogP contribution in [-0.4, -0.2) is 27.8 Å². The second kappa shape index (κ2) is 16.8. The molecule has 0 N–H and O–H groups in total. The van der Waals surface area contributed by atoms with Gasteiger partial charge in [0.05, 0.1) is 16.9 Å². The van der Waals surface area contributed by atoms with E-state index in [-0.39, 0.29) is 20.1 Å². The van der Waals surface area contributed by atoms with E-state index in [9.17, 15) is 0 Å². The van der Waals surface area contributed by atoms with E-state index in [1.807, 2.05) is 125 Å². The molecule has 0 saturated carbocycles. The molecule has 4 nitrogen and oxygen atoms in total. The first-order chi connectivity index (χ1) is 27.7. The van der Waals surface area contributed by atoms with E-state index in [0.717, 1.165) is 78.0 Å². The fraction of sp³-hybridized carbons (Fsp3) is 0.176. The molecule has 3 aromatic heterocycles. The van der Waals surface area contributed by atoms with Crippen LogP contribution in [0.5, 0.6) is 0 Å². The van der Waals surface area contributed by atoms with Gasteiger partial charge in [-0.3, -0.25) is 4.98 Å². The minimum Gasteiger partial charge on any atom is 0 e. The van der Waals surface area contributed by atoms with Crippen LogP contribution in [0.2, 0.25) is 17.3 Å². The molecule has 6 aromatic carbocycles. The van der Waals surface area contributed by atoms with E-state index >= 15 is 0 Å². The molecule has 9 aromatic rings. The first-order valence-corrected chi connectivity index (χ1v) is 26.5. The van der Waals surface area contributed by atoms with Crippen molar-refractivity contribution in [2.24, 2.45) is 0 Å². The van der Waals surface area contributed by atoms with Gasteiger partial charge < -0.3 is 4.57 Å². The summed E-state index contributed by atoms with van der Waals surface area (Å²) >= 11 is -1.80. The zero-order valence-electron chi connectivity index (χ0n) is 35.4. The molecule has 0 spiro atoms. The van der Waals surface area contributed by atoms with Crippen molar-refractivity contribution in [2.75, 3.05) is 0 Å². The molecule has 0 bridgehead atoms. The Hall–Kier alpha value is -5.07. The van der Waals surface area contributed by atoms with E-state index in [2.05, 4.69) is 87.5 Å². The van der Waals surface area contributed by atoms with Crippen LogP contribution in [0, 0.1) is 12.1 Å². The molecular formula is C51H47GeIrN3O-2. The molecule has 6 heteroatoms. The first-order valence-electron chi connectivity index (χ1n) is 20.2. The van der Waals surface area contributed by atoms with Gasteiger partial charge in [-0.25, -0.2) is 0 Å². The third-order valence-corrected chi connectivity index (χ3v) is 14.6. The number of aromatic nitrogens is 3. The Morgan fingerprint density at radius 1 is 0.684 bits per heavy atom. The Morgan fingerprint density at radius 3 is 2.09 bits per heavy atom. The van der Waals surface area contributed by atoms with Gasteiger partial charge in [0.25, 0.3) is 0 Å². The van der Waals surface area contributed by atoms with Crippen molar-refractivity contribution in [2.45, 2.75) is 56.8 Å². The largest absolute Gasteiger partial charge is 0 e. The fourth-order valence-electron chi connectivity index (χ4n) is 7.35. The van der Waals surface area contributed by atoms with Crippen molar-refractivity contribution < 1.29 is 27.3 Å². The summed E-state index contributed by atoms with van der Waals surface area (Å²) in [5, 5.41) is 2.22. The topological polar surface area (TPSA) is 43.9 Å². The minimum absolute atomic E-state index is 0. The average molecular weight is 985 g/mol. The molecule has 0 aliphatic carbocycles. The Balaban J connectivity index is 0.000000176. The maximum absolute atomic E-state index is 8.80. The van der Waals surface area contributed by atoms with Gasteiger partial charge in [0.1, 0.15) is 0 Å². The SMILES string of the molecule is [2H]C(C)(C)c1cccc(C([2H])(C)C)c1-n1c(-c2[c-]cccc2)nc2ccccc21.[CH3][Ge]([CH3])([CH3])[c]1ccc(-c2ccnc(-c3[c-]ccc4c3oc3ccccc34)c2)cc1.[Ir]. The van der Waals surface area contributed by atoms with E-state index in [0.29, 0.717) is 0 Å². The molecule has 1 radical (unpaired) electrons. The molecule has 0 amide bonds. The Bertz CT molecular complexity index is 2870. The van der Waals surface area contributed by atoms with Gasteiger partial charge in [0, 0.05) is 28.5 Å². The summed E-state index contributed by atoms with van der Waals surface area (Å²) in [6.45, 7) is 7.56. The summed E-state index contributed by atoms with van der Waals surface area (Å²) in [6, 6.07) is 53.8. The van der Waals surface area contributed by atoms with Crippen LogP contribution in [-0.2, 0) is 20.1 Å². The van der Waals surface area contributed by atoms with Crippen molar-refractivity contribution in [1.29, 1.82) is 0 Å². The molecule has 57 heavy (non-hydrogen) atoms. The summed E-state index contributed by atoms with van der Waals surface area (Å²) in [4.78, 5) is 9.55. The maximum Gasteiger partial charge on any atom is 0 e. The summed E-state index contributed by atoms with van der Waals surface area (Å²) < 4.78 is 27.4. The van der Waals surface area contributed by atoms with E-state index in [1.54, 1.807) is 0 Å². The number of pyridine rings is 1. The molecule has 9 rings (SSSR count). The summed E-state index contributed by atoms with van der Waals surface area (Å²) in [6.07, 6.45) is 1.87. The van der Waals surface area contributed by atoms with E-state index < -0.39 is 25.1 Å². The number of fused-ring (bicyclic) bond motifs is 4. The number of rotatable bonds is 7. The minimum atomic E-state index is -1.80. The number of benzene rings is 6. The number of furan rings is 1. The Morgan fingerprint density at radius 2 is 1.39 bits per heavy atom. The van der Waals surface area contributed by atoms with Crippen molar-refractivity contribution >= 4 is 50.6 Å². The zero-order valence-corrected chi connectivity index (χ0v) is 37.9. The normalized spacial score (nSPS) is 12.5. The molecule has 0 unspecified atom stereocenters. The van der Waals surface area contributed by atoms with Gasteiger partial charge in [0.2, 0.25) is 0 Å². The summed E-state index contributed by atoms with van der Waals surface area (Å²) in [7, 11) is 0. The van der Waals surface area contributed by atoms with Gasteiger partial charge in [-0.05, 0) is 35.0 Å². The third kappa shape index (κ3) is 8.07. The van der Waals surface area contributed by atoms with Gasteiger partial charge in [0.15, 0.2) is 0 Å². The van der Waals surface area contributed by atoms with Gasteiger partial charge in [-0.1, -0.05) is 70.2 Å². The van der Waals surface area contributed by atoms with Crippen molar-refractivity contribution in [3.05, 3.63) is 169 Å². The maximum atomic E-state index is 8.80. The molecule has 0 aliphatic rings. The average Bonchev–Trinajstić information content (AvgIpc) is 3.79. The predicted molar refractivity (Wildman–Crippen MR) is 238 cm³/mol. The van der Waals surface area contributed by atoms with Gasteiger partial charge in [-0.15, -0.1) is 35.9 Å². The first kappa shape index (κ1) is 37.5. The molecule has 0 atom stereocenters. The molecule has 3 heterocycles. The van der Waals surface area contributed by atoms with Gasteiger partial charge in [-0.2, -0.15) is 0 Å². The number of nitrogens with zero attached hydrogens (tertiary/aromatic N) is 3. The van der Waals surface area contributed by atoms with Crippen LogP contribution in [0.1, 0.15) is 53.4 Å². The number of hydrogen-bond donors (Lipinski definition) is 0. The predicted octanol–water partition coefficient (Wildman–Crippen LogP) is 13.4. The quantitative estimate of drug-likeness (QED) is 0.118. The zero-order chi connectivity index (χ0) is 40.8. The Kier molecular flexibility index (Phi) is 11.1. The second-order valence-corrected chi connectivity index (χ2v) is 26.3. The molecule has 0 fully saturated rings. The number of para-hydroxylation sites is 4. The van der Waals surface area contributed by atoms with Crippen molar-refractivity contribution in [1.82, 2.24) is 14.5 Å². The number of hydrogen-bond acceptors (Lipinski definition) is 3. The monoisotopic (exact) mass is 986 g/mol. The standard InChI is InChI=1S/C26H22GeNO.C25H25N2.Ir/c1-27(2,3)20-13-11-18(12-14-20)19-15-16-28-24(17-19)23-9-6-8-22-21-7-4-5-10-25(21)29-26(22)23;1-17(2)20-13-10-14-21(18(3)4)24(20)27-23-16-9-8-15-22(23)26-25(27)19-11-6-5-7-12-19;/h4-8,10-17H,1-3H3;5-11,13-18H,1-4H3;/q2*-1;/i;17D,18D;. The Labute approximate surface area is 355 Å². The van der Waals surface area contributed by atoms with E-state index in [4.69, 9.17) is 12.1 Å². The van der Waals surface area contributed by atoms with Crippen LogP contribution in [0.15, 0.2) is 150 Å². The third-order valence-electron chi connectivity index (χ3n) is 10.3. The molecular weight excluding hydrogens is 935 g/mol. The smallest absolute Gasteiger partial charge is 0 e. The summed E-state index contributed by atoms with van der Waals surface area (Å²) in [5.74, 6) is 6.36. The van der Waals surface area contributed by atoms with Crippen LogP contribution in [0.4, 0.5) is 0 Å². The van der Waals surface area contributed by atoms with E-state index in [1.165, 1.54) is 9.96 Å². The van der Waals surface area contributed by atoms with Crippen LogP contribution >= 0.6 is 0 Å². The van der Waals surface area contributed by atoms with Crippen molar-refractivity contribution in [3.63, 3.8) is 0 Å². The van der Waals surface area contributed by atoms with Crippen molar-refractivity contribution in [3.8, 4) is 39.5 Å². The second-order valence-electron chi connectivity index (χ2n) is 15.7. The fourth-order valence-corrected chi connectivity index (χ4v) is 9.79. The number of imidazole rings is 1. The molecule has 287 valence electrons. The van der Waals surface area contributed by atoms with Gasteiger partial charge >= 0.3 is 162 Å². The van der Waals surface area contributed by atoms with Crippen LogP contribution in [0.3, 0.4) is 0 Å².